The standard InChI is InChI=1S/C14H28N2O2/c1-3-16(10-12(2)9-15)13-4-6-18-14(8-13)5-7-17-11-14/h12-13H,3-11,15H2,1-2H3. The molecule has 18 heavy (non-hydrogen) atoms. The lowest BCUT2D eigenvalue weighted by Gasteiger charge is -2.42. The Labute approximate surface area is 111 Å². The third kappa shape index (κ3) is 3.23. The summed E-state index contributed by atoms with van der Waals surface area (Å²) in [6.07, 6.45) is 3.33. The van der Waals surface area contributed by atoms with Crippen LogP contribution in [0.3, 0.4) is 0 Å². The van der Waals surface area contributed by atoms with E-state index in [1.165, 1.54) is 0 Å². The van der Waals surface area contributed by atoms with Gasteiger partial charge in [0, 0.05) is 32.2 Å². The zero-order valence-electron chi connectivity index (χ0n) is 11.9. The molecule has 1 spiro atoms. The molecule has 0 saturated carbocycles. The van der Waals surface area contributed by atoms with Crippen molar-refractivity contribution in [2.75, 3.05) is 39.5 Å². The molecule has 2 aliphatic rings. The number of rotatable bonds is 5. The molecule has 2 fully saturated rings. The van der Waals surface area contributed by atoms with Gasteiger partial charge in [-0.3, -0.25) is 0 Å². The molecule has 2 aliphatic heterocycles. The van der Waals surface area contributed by atoms with Crippen molar-refractivity contribution in [3.8, 4) is 0 Å². The van der Waals surface area contributed by atoms with Gasteiger partial charge in [-0.1, -0.05) is 13.8 Å². The highest BCUT2D eigenvalue weighted by molar-refractivity contribution is 4.93. The van der Waals surface area contributed by atoms with Gasteiger partial charge in [0.1, 0.15) is 0 Å². The van der Waals surface area contributed by atoms with Crippen molar-refractivity contribution >= 4 is 0 Å². The second-order valence-corrected chi connectivity index (χ2v) is 5.91. The summed E-state index contributed by atoms with van der Waals surface area (Å²) in [6, 6.07) is 0.638. The SMILES string of the molecule is CCN(CC(C)CN)C1CCOC2(CCOC2)C1. The molecule has 2 saturated heterocycles. The molecule has 4 heteroatoms. The molecule has 3 atom stereocenters. The molecular weight excluding hydrogens is 228 g/mol. The molecule has 0 aromatic heterocycles. The van der Waals surface area contributed by atoms with Crippen molar-refractivity contribution in [2.45, 2.75) is 44.8 Å². The monoisotopic (exact) mass is 256 g/mol. The molecule has 4 nitrogen and oxygen atoms in total. The fourth-order valence-electron chi connectivity index (χ4n) is 3.19. The first-order chi connectivity index (χ1) is 8.69. The first-order valence-electron chi connectivity index (χ1n) is 7.35. The smallest absolute Gasteiger partial charge is 0.0951 e. The third-order valence-electron chi connectivity index (χ3n) is 4.41. The average Bonchev–Trinajstić information content (AvgIpc) is 2.83. The van der Waals surface area contributed by atoms with Crippen molar-refractivity contribution < 1.29 is 9.47 Å². The lowest BCUT2D eigenvalue weighted by molar-refractivity contribution is -0.107. The Bertz CT molecular complexity index is 254. The summed E-state index contributed by atoms with van der Waals surface area (Å²) in [5, 5.41) is 0. The van der Waals surface area contributed by atoms with Crippen LogP contribution in [-0.4, -0.2) is 56.0 Å². The minimum atomic E-state index is 0.0162. The molecule has 0 radical (unpaired) electrons. The molecule has 3 unspecified atom stereocenters. The van der Waals surface area contributed by atoms with E-state index in [0.717, 1.165) is 58.7 Å². The van der Waals surface area contributed by atoms with Gasteiger partial charge in [-0.25, -0.2) is 0 Å². The van der Waals surface area contributed by atoms with E-state index in [-0.39, 0.29) is 5.60 Å². The second kappa shape index (κ2) is 6.33. The van der Waals surface area contributed by atoms with Crippen LogP contribution in [0.15, 0.2) is 0 Å². The van der Waals surface area contributed by atoms with E-state index in [1.54, 1.807) is 0 Å². The molecular formula is C14H28N2O2. The summed E-state index contributed by atoms with van der Waals surface area (Å²) in [7, 11) is 0. The maximum absolute atomic E-state index is 6.01. The van der Waals surface area contributed by atoms with Crippen LogP contribution < -0.4 is 5.73 Å². The molecule has 0 aliphatic carbocycles. The number of hydrogen-bond donors (Lipinski definition) is 1. The molecule has 106 valence electrons. The number of ether oxygens (including phenoxy) is 2. The maximum Gasteiger partial charge on any atom is 0.0951 e. The molecule has 2 rings (SSSR count). The van der Waals surface area contributed by atoms with Gasteiger partial charge in [-0.05, 0) is 31.8 Å². The van der Waals surface area contributed by atoms with E-state index >= 15 is 0 Å². The van der Waals surface area contributed by atoms with Crippen LogP contribution in [-0.2, 0) is 9.47 Å². The van der Waals surface area contributed by atoms with Crippen molar-refractivity contribution in [3.05, 3.63) is 0 Å². The van der Waals surface area contributed by atoms with Crippen LogP contribution in [0, 0.1) is 5.92 Å². The lowest BCUT2D eigenvalue weighted by atomic mass is 9.88. The zero-order chi connectivity index (χ0) is 13.0. The Hall–Kier alpha value is -0.160. The summed E-state index contributed by atoms with van der Waals surface area (Å²) in [6.45, 7) is 9.98. The maximum atomic E-state index is 6.01. The van der Waals surface area contributed by atoms with E-state index in [1.807, 2.05) is 0 Å². The summed E-state index contributed by atoms with van der Waals surface area (Å²) in [4.78, 5) is 2.58. The molecule has 2 heterocycles. The first-order valence-corrected chi connectivity index (χ1v) is 7.35. The van der Waals surface area contributed by atoms with Crippen LogP contribution in [0.4, 0.5) is 0 Å². The molecule has 2 N–H and O–H groups in total. The van der Waals surface area contributed by atoms with E-state index < -0.39 is 0 Å². The highest BCUT2D eigenvalue weighted by Crippen LogP contribution is 2.34. The van der Waals surface area contributed by atoms with Crippen molar-refractivity contribution in [3.63, 3.8) is 0 Å². The van der Waals surface area contributed by atoms with E-state index in [0.29, 0.717) is 12.0 Å². The Morgan fingerprint density at radius 1 is 1.44 bits per heavy atom. The summed E-state index contributed by atoms with van der Waals surface area (Å²) in [5.41, 5.74) is 5.77. The van der Waals surface area contributed by atoms with Gasteiger partial charge in [0.2, 0.25) is 0 Å². The Balaban J connectivity index is 1.93. The predicted molar refractivity (Wildman–Crippen MR) is 72.6 cm³/mol. The Kier molecular flexibility index (Phi) is 5.01. The largest absolute Gasteiger partial charge is 0.378 e. The fraction of sp³-hybridized carbons (Fsp3) is 1.00. The van der Waals surface area contributed by atoms with E-state index in [9.17, 15) is 0 Å². The summed E-state index contributed by atoms with van der Waals surface area (Å²) < 4.78 is 11.5. The minimum Gasteiger partial charge on any atom is -0.378 e. The zero-order valence-corrected chi connectivity index (χ0v) is 11.9. The fourth-order valence-corrected chi connectivity index (χ4v) is 3.19. The molecule has 0 bridgehead atoms. The minimum absolute atomic E-state index is 0.0162. The van der Waals surface area contributed by atoms with Crippen LogP contribution >= 0.6 is 0 Å². The van der Waals surface area contributed by atoms with Gasteiger partial charge >= 0.3 is 0 Å². The quantitative estimate of drug-likeness (QED) is 0.804. The van der Waals surface area contributed by atoms with Crippen LogP contribution in [0.25, 0.3) is 0 Å². The van der Waals surface area contributed by atoms with Gasteiger partial charge in [0.05, 0.1) is 12.2 Å². The van der Waals surface area contributed by atoms with Gasteiger partial charge in [0.25, 0.3) is 0 Å². The molecule has 0 aromatic rings. The van der Waals surface area contributed by atoms with Crippen molar-refractivity contribution in [1.29, 1.82) is 0 Å². The van der Waals surface area contributed by atoms with Crippen LogP contribution in [0.5, 0.6) is 0 Å². The lowest BCUT2D eigenvalue weighted by Crippen LogP contribution is -2.50. The van der Waals surface area contributed by atoms with Gasteiger partial charge in [0.15, 0.2) is 0 Å². The first kappa shape index (κ1) is 14.3. The molecule has 0 aromatic carbocycles. The molecule has 0 amide bonds. The third-order valence-corrected chi connectivity index (χ3v) is 4.41. The van der Waals surface area contributed by atoms with Crippen molar-refractivity contribution in [2.24, 2.45) is 11.7 Å². The Morgan fingerprint density at radius 3 is 2.89 bits per heavy atom. The second-order valence-electron chi connectivity index (χ2n) is 5.91. The average molecular weight is 256 g/mol. The summed E-state index contributed by atoms with van der Waals surface area (Å²) in [5.74, 6) is 0.573. The normalized spacial score (nSPS) is 34.3. The van der Waals surface area contributed by atoms with Gasteiger partial charge < -0.3 is 20.1 Å². The predicted octanol–water partition coefficient (Wildman–Crippen LogP) is 1.24. The highest BCUT2D eigenvalue weighted by atomic mass is 16.6. The van der Waals surface area contributed by atoms with Crippen molar-refractivity contribution in [1.82, 2.24) is 4.90 Å². The number of nitrogens with zero attached hydrogens (tertiary/aromatic N) is 1. The Morgan fingerprint density at radius 2 is 2.28 bits per heavy atom. The van der Waals surface area contributed by atoms with Gasteiger partial charge in [-0.15, -0.1) is 0 Å². The topological polar surface area (TPSA) is 47.7 Å². The number of hydrogen-bond acceptors (Lipinski definition) is 4. The van der Waals surface area contributed by atoms with E-state index in [2.05, 4.69) is 18.7 Å². The number of nitrogens with two attached hydrogens (primary N) is 1. The van der Waals surface area contributed by atoms with Crippen LogP contribution in [0.2, 0.25) is 0 Å². The van der Waals surface area contributed by atoms with Gasteiger partial charge in [-0.2, -0.15) is 0 Å². The van der Waals surface area contributed by atoms with Crippen LogP contribution in [0.1, 0.15) is 33.1 Å². The summed E-state index contributed by atoms with van der Waals surface area (Å²) >= 11 is 0. The van der Waals surface area contributed by atoms with E-state index in [4.69, 9.17) is 15.2 Å². The highest BCUT2D eigenvalue weighted by Gasteiger charge is 2.42.